The van der Waals surface area contributed by atoms with E-state index in [0.29, 0.717) is 10.0 Å². The molecular formula is C14H11BrO5S. The Morgan fingerprint density at radius 1 is 1.10 bits per heavy atom. The van der Waals surface area contributed by atoms with E-state index in [-0.39, 0.29) is 22.0 Å². The molecule has 0 radical (unpaired) electrons. The Morgan fingerprint density at radius 2 is 1.71 bits per heavy atom. The molecule has 0 amide bonds. The van der Waals surface area contributed by atoms with E-state index >= 15 is 0 Å². The SMILES string of the molecule is O=C(O)c1ccc(Br)cc1S(=O)(=O)Cc1ccc(O)cc1. The van der Waals surface area contributed by atoms with E-state index < -0.39 is 15.8 Å². The second-order valence-electron chi connectivity index (χ2n) is 4.37. The number of hydrogen-bond donors (Lipinski definition) is 2. The molecule has 0 aliphatic carbocycles. The van der Waals surface area contributed by atoms with Crippen LogP contribution in [0.3, 0.4) is 0 Å². The maximum atomic E-state index is 12.4. The summed E-state index contributed by atoms with van der Waals surface area (Å²) in [5, 5.41) is 18.3. The first kappa shape index (κ1) is 15.5. The van der Waals surface area contributed by atoms with Crippen LogP contribution in [0.1, 0.15) is 15.9 Å². The molecule has 0 saturated carbocycles. The van der Waals surface area contributed by atoms with Gasteiger partial charge in [-0.15, -0.1) is 0 Å². The number of carbonyl (C=O) groups is 1. The number of phenols is 1. The van der Waals surface area contributed by atoms with Crippen molar-refractivity contribution in [2.75, 3.05) is 0 Å². The molecule has 21 heavy (non-hydrogen) atoms. The number of phenolic OH excluding ortho intramolecular Hbond substituents is 1. The van der Waals surface area contributed by atoms with Crippen LogP contribution in [0.15, 0.2) is 51.8 Å². The van der Waals surface area contributed by atoms with Gasteiger partial charge in [-0.3, -0.25) is 0 Å². The van der Waals surface area contributed by atoms with Gasteiger partial charge in [-0.05, 0) is 35.9 Å². The van der Waals surface area contributed by atoms with Gasteiger partial charge in [-0.1, -0.05) is 28.1 Å². The number of carboxylic acids is 1. The summed E-state index contributed by atoms with van der Waals surface area (Å²) >= 11 is 3.14. The summed E-state index contributed by atoms with van der Waals surface area (Å²) in [7, 11) is -3.82. The smallest absolute Gasteiger partial charge is 0.337 e. The summed E-state index contributed by atoms with van der Waals surface area (Å²) < 4.78 is 25.3. The molecule has 2 rings (SSSR count). The normalized spacial score (nSPS) is 11.3. The predicted octanol–water partition coefficient (Wildman–Crippen LogP) is 2.83. The van der Waals surface area contributed by atoms with Crippen LogP contribution in [0, 0.1) is 0 Å². The highest BCUT2D eigenvalue weighted by molar-refractivity contribution is 9.10. The van der Waals surface area contributed by atoms with Gasteiger partial charge < -0.3 is 10.2 Å². The number of hydrogen-bond acceptors (Lipinski definition) is 4. The van der Waals surface area contributed by atoms with E-state index in [4.69, 9.17) is 5.11 Å². The van der Waals surface area contributed by atoms with Crippen molar-refractivity contribution < 1.29 is 23.4 Å². The van der Waals surface area contributed by atoms with E-state index in [9.17, 15) is 18.3 Å². The molecule has 0 fully saturated rings. The Balaban J connectivity index is 2.46. The van der Waals surface area contributed by atoms with Crippen LogP contribution in [-0.4, -0.2) is 24.6 Å². The molecule has 2 aromatic rings. The lowest BCUT2D eigenvalue weighted by Crippen LogP contribution is -2.11. The molecule has 0 aromatic heterocycles. The van der Waals surface area contributed by atoms with Crippen molar-refractivity contribution >= 4 is 31.7 Å². The molecule has 5 nitrogen and oxygen atoms in total. The summed E-state index contributed by atoms with van der Waals surface area (Å²) in [4.78, 5) is 10.9. The second kappa shape index (κ2) is 5.87. The number of benzene rings is 2. The zero-order valence-electron chi connectivity index (χ0n) is 10.7. The molecule has 2 N–H and O–H groups in total. The third-order valence-electron chi connectivity index (χ3n) is 2.80. The van der Waals surface area contributed by atoms with Gasteiger partial charge in [-0.25, -0.2) is 13.2 Å². The Morgan fingerprint density at radius 3 is 2.29 bits per heavy atom. The second-order valence-corrected chi connectivity index (χ2v) is 7.24. The Labute approximate surface area is 129 Å². The van der Waals surface area contributed by atoms with Gasteiger partial charge in [0, 0.05) is 4.47 Å². The van der Waals surface area contributed by atoms with Gasteiger partial charge in [0.1, 0.15) is 5.75 Å². The van der Waals surface area contributed by atoms with Crippen LogP contribution in [-0.2, 0) is 15.6 Å². The maximum absolute atomic E-state index is 12.4. The van der Waals surface area contributed by atoms with E-state index in [1.54, 1.807) is 0 Å². The Bertz CT molecular complexity index is 782. The molecule has 0 atom stereocenters. The standard InChI is InChI=1S/C14H11BrO5S/c15-10-3-6-12(14(17)18)13(7-10)21(19,20)8-9-1-4-11(16)5-2-9/h1-7,16H,8H2,(H,17,18). The minimum atomic E-state index is -3.82. The fourth-order valence-electron chi connectivity index (χ4n) is 1.82. The molecule has 0 spiro atoms. The van der Waals surface area contributed by atoms with Crippen molar-refractivity contribution in [2.24, 2.45) is 0 Å². The van der Waals surface area contributed by atoms with Crippen LogP contribution < -0.4 is 0 Å². The van der Waals surface area contributed by atoms with Gasteiger partial charge in [0.25, 0.3) is 0 Å². The highest BCUT2D eigenvalue weighted by atomic mass is 79.9. The van der Waals surface area contributed by atoms with Crippen molar-refractivity contribution in [3.8, 4) is 5.75 Å². The molecule has 0 unspecified atom stereocenters. The number of aromatic carboxylic acids is 1. The molecule has 0 aliphatic heterocycles. The van der Waals surface area contributed by atoms with Gasteiger partial charge >= 0.3 is 5.97 Å². The van der Waals surface area contributed by atoms with Crippen LogP contribution in [0.25, 0.3) is 0 Å². The zero-order valence-corrected chi connectivity index (χ0v) is 13.1. The quantitative estimate of drug-likeness (QED) is 0.863. The van der Waals surface area contributed by atoms with Gasteiger partial charge in [-0.2, -0.15) is 0 Å². The summed E-state index contributed by atoms with van der Waals surface area (Å²) in [6.07, 6.45) is 0. The van der Waals surface area contributed by atoms with E-state index in [2.05, 4.69) is 15.9 Å². The van der Waals surface area contributed by atoms with E-state index in [1.165, 1.54) is 42.5 Å². The number of aromatic hydroxyl groups is 1. The Hall–Kier alpha value is -1.86. The summed E-state index contributed by atoms with van der Waals surface area (Å²) in [6, 6.07) is 9.71. The van der Waals surface area contributed by atoms with Crippen molar-refractivity contribution in [1.29, 1.82) is 0 Å². The molecule has 2 aromatic carbocycles. The number of sulfone groups is 1. The highest BCUT2D eigenvalue weighted by Gasteiger charge is 2.23. The third-order valence-corrected chi connectivity index (χ3v) is 5.02. The summed E-state index contributed by atoms with van der Waals surface area (Å²) in [6.45, 7) is 0. The van der Waals surface area contributed by atoms with Gasteiger partial charge in [0.05, 0.1) is 16.2 Å². The first-order valence-corrected chi connectivity index (χ1v) is 8.27. The minimum Gasteiger partial charge on any atom is -0.508 e. The molecule has 0 bridgehead atoms. The average Bonchev–Trinajstić information content (AvgIpc) is 2.41. The first-order chi connectivity index (χ1) is 9.79. The minimum absolute atomic E-state index is 0.0322. The lowest BCUT2D eigenvalue weighted by atomic mass is 10.2. The van der Waals surface area contributed by atoms with Crippen molar-refractivity contribution in [3.63, 3.8) is 0 Å². The van der Waals surface area contributed by atoms with Crippen molar-refractivity contribution in [3.05, 3.63) is 58.1 Å². The van der Waals surface area contributed by atoms with Gasteiger partial charge in [0.2, 0.25) is 0 Å². The van der Waals surface area contributed by atoms with Crippen LogP contribution in [0.2, 0.25) is 0 Å². The molecule has 110 valence electrons. The average molecular weight is 371 g/mol. The van der Waals surface area contributed by atoms with Crippen LogP contribution in [0.4, 0.5) is 0 Å². The van der Waals surface area contributed by atoms with E-state index in [1.807, 2.05) is 0 Å². The summed E-state index contributed by atoms with van der Waals surface area (Å²) in [5.41, 5.74) is 0.195. The highest BCUT2D eigenvalue weighted by Crippen LogP contribution is 2.25. The zero-order chi connectivity index (χ0) is 15.6. The first-order valence-electron chi connectivity index (χ1n) is 5.83. The Kier molecular flexibility index (Phi) is 4.34. The molecule has 7 heteroatoms. The fraction of sp³-hybridized carbons (Fsp3) is 0.0714. The third kappa shape index (κ3) is 3.62. The molecule has 0 heterocycles. The molecule has 0 saturated heterocycles. The fourth-order valence-corrected chi connectivity index (χ4v) is 3.92. The van der Waals surface area contributed by atoms with Crippen molar-refractivity contribution in [2.45, 2.75) is 10.6 Å². The maximum Gasteiger partial charge on any atom is 0.337 e. The predicted molar refractivity (Wildman–Crippen MR) is 80.1 cm³/mol. The monoisotopic (exact) mass is 370 g/mol. The van der Waals surface area contributed by atoms with Crippen LogP contribution in [0.5, 0.6) is 5.75 Å². The lowest BCUT2D eigenvalue weighted by molar-refractivity contribution is 0.0692. The summed E-state index contributed by atoms with van der Waals surface area (Å²) in [5.74, 6) is -1.61. The topological polar surface area (TPSA) is 91.7 Å². The van der Waals surface area contributed by atoms with Crippen molar-refractivity contribution in [1.82, 2.24) is 0 Å². The molecular weight excluding hydrogens is 360 g/mol. The number of carboxylic acid groups (broad SMARTS) is 1. The molecule has 0 aliphatic rings. The lowest BCUT2D eigenvalue weighted by Gasteiger charge is -2.09. The largest absolute Gasteiger partial charge is 0.508 e. The number of rotatable bonds is 4. The van der Waals surface area contributed by atoms with Gasteiger partial charge in [0.15, 0.2) is 9.84 Å². The van der Waals surface area contributed by atoms with E-state index in [0.717, 1.165) is 0 Å². The number of halogens is 1. The van der Waals surface area contributed by atoms with Crippen LogP contribution >= 0.6 is 15.9 Å².